The lowest BCUT2D eigenvalue weighted by atomic mass is 9.85. The molecule has 1 aliphatic heterocycles. The third kappa shape index (κ3) is 2.83. The van der Waals surface area contributed by atoms with Crippen molar-refractivity contribution in [3.63, 3.8) is 0 Å². The quantitative estimate of drug-likeness (QED) is 0.935. The van der Waals surface area contributed by atoms with Gasteiger partial charge in [0.25, 0.3) is 5.91 Å². The standard InChI is InChI=1S/C17H23N5O2/c1-11-19-16(24-21-11)13-7-8-22(10-13)17(23)14-9-18-20-15(14)12-5-3-2-4-6-12/h9,12-13H,2-8,10H2,1H3,(H,18,20). The Morgan fingerprint density at radius 3 is 2.83 bits per heavy atom. The molecule has 2 aromatic heterocycles. The summed E-state index contributed by atoms with van der Waals surface area (Å²) in [5, 5.41) is 11.1. The Kier molecular flexibility index (Phi) is 4.08. The number of hydrogen-bond acceptors (Lipinski definition) is 5. The molecule has 7 nitrogen and oxygen atoms in total. The number of likely N-dealkylation sites (tertiary alicyclic amines) is 1. The molecule has 2 aliphatic rings. The fourth-order valence-electron chi connectivity index (χ4n) is 3.96. The van der Waals surface area contributed by atoms with Crippen molar-refractivity contribution < 1.29 is 9.32 Å². The zero-order chi connectivity index (χ0) is 16.5. The molecule has 4 rings (SSSR count). The van der Waals surface area contributed by atoms with Gasteiger partial charge in [-0.25, -0.2) is 0 Å². The molecule has 1 N–H and O–H groups in total. The Bertz CT molecular complexity index is 716. The van der Waals surface area contributed by atoms with Crippen molar-refractivity contribution in [1.29, 1.82) is 0 Å². The molecule has 1 saturated heterocycles. The Hall–Kier alpha value is -2.18. The van der Waals surface area contributed by atoms with E-state index >= 15 is 0 Å². The molecule has 128 valence electrons. The second kappa shape index (κ2) is 6.37. The molecule has 3 heterocycles. The van der Waals surface area contributed by atoms with Crippen LogP contribution < -0.4 is 0 Å². The Morgan fingerprint density at radius 1 is 1.25 bits per heavy atom. The molecule has 1 atom stereocenters. The Morgan fingerprint density at radius 2 is 2.08 bits per heavy atom. The molecule has 2 aromatic rings. The lowest BCUT2D eigenvalue weighted by molar-refractivity contribution is 0.0787. The number of aromatic nitrogens is 4. The van der Waals surface area contributed by atoms with Crippen LogP contribution in [0.5, 0.6) is 0 Å². The molecule has 1 amide bonds. The van der Waals surface area contributed by atoms with Crippen LogP contribution in [0.3, 0.4) is 0 Å². The summed E-state index contributed by atoms with van der Waals surface area (Å²) in [6, 6.07) is 0. The van der Waals surface area contributed by atoms with Crippen LogP contribution in [0.25, 0.3) is 0 Å². The van der Waals surface area contributed by atoms with Crippen LogP contribution in [0.15, 0.2) is 10.7 Å². The van der Waals surface area contributed by atoms with Crippen molar-refractivity contribution in [3.8, 4) is 0 Å². The minimum Gasteiger partial charge on any atom is -0.339 e. The first-order valence-electron chi connectivity index (χ1n) is 8.85. The minimum atomic E-state index is 0.0723. The summed E-state index contributed by atoms with van der Waals surface area (Å²) in [6.07, 6.45) is 8.61. The van der Waals surface area contributed by atoms with E-state index in [0.717, 1.165) is 37.1 Å². The van der Waals surface area contributed by atoms with Gasteiger partial charge in [0, 0.05) is 19.0 Å². The molecule has 2 fully saturated rings. The molecular formula is C17H23N5O2. The number of carbonyl (C=O) groups is 1. The van der Waals surface area contributed by atoms with E-state index in [-0.39, 0.29) is 11.8 Å². The first kappa shape index (κ1) is 15.4. The van der Waals surface area contributed by atoms with Gasteiger partial charge in [-0.1, -0.05) is 24.4 Å². The maximum Gasteiger partial charge on any atom is 0.257 e. The van der Waals surface area contributed by atoms with Gasteiger partial charge in [-0.3, -0.25) is 9.89 Å². The zero-order valence-electron chi connectivity index (χ0n) is 14.0. The monoisotopic (exact) mass is 329 g/mol. The average Bonchev–Trinajstić information content (AvgIpc) is 3.35. The highest BCUT2D eigenvalue weighted by Crippen LogP contribution is 2.34. The molecule has 24 heavy (non-hydrogen) atoms. The topological polar surface area (TPSA) is 87.9 Å². The number of H-pyrrole nitrogens is 1. The van der Waals surface area contributed by atoms with E-state index in [0.29, 0.717) is 24.2 Å². The normalized spacial score (nSPS) is 22.2. The van der Waals surface area contributed by atoms with Crippen LogP contribution in [0.4, 0.5) is 0 Å². The van der Waals surface area contributed by atoms with E-state index in [2.05, 4.69) is 20.3 Å². The number of nitrogens with one attached hydrogen (secondary N) is 1. The fourth-order valence-corrected chi connectivity index (χ4v) is 3.96. The molecule has 0 radical (unpaired) electrons. The summed E-state index contributed by atoms with van der Waals surface area (Å²) in [7, 11) is 0. The molecule has 1 unspecified atom stereocenters. The van der Waals surface area contributed by atoms with Crippen LogP contribution >= 0.6 is 0 Å². The van der Waals surface area contributed by atoms with E-state index in [9.17, 15) is 4.79 Å². The smallest absolute Gasteiger partial charge is 0.257 e. The van der Waals surface area contributed by atoms with Gasteiger partial charge in [0.15, 0.2) is 5.82 Å². The summed E-state index contributed by atoms with van der Waals surface area (Å²) in [5.41, 5.74) is 1.76. The van der Waals surface area contributed by atoms with Crippen molar-refractivity contribution in [2.24, 2.45) is 0 Å². The van der Waals surface area contributed by atoms with Gasteiger partial charge in [0.2, 0.25) is 5.89 Å². The predicted octanol–water partition coefficient (Wildman–Crippen LogP) is 2.78. The van der Waals surface area contributed by atoms with Gasteiger partial charge >= 0.3 is 0 Å². The number of aryl methyl sites for hydroxylation is 1. The van der Waals surface area contributed by atoms with Crippen LogP contribution in [0.2, 0.25) is 0 Å². The number of carbonyl (C=O) groups excluding carboxylic acids is 1. The van der Waals surface area contributed by atoms with Gasteiger partial charge in [-0.2, -0.15) is 10.1 Å². The van der Waals surface area contributed by atoms with E-state index < -0.39 is 0 Å². The predicted molar refractivity (Wildman–Crippen MR) is 86.7 cm³/mol. The summed E-state index contributed by atoms with van der Waals surface area (Å²) >= 11 is 0. The van der Waals surface area contributed by atoms with Crippen LogP contribution in [-0.2, 0) is 0 Å². The number of hydrogen-bond donors (Lipinski definition) is 1. The van der Waals surface area contributed by atoms with E-state index in [1.807, 2.05) is 11.8 Å². The van der Waals surface area contributed by atoms with Crippen molar-refractivity contribution in [3.05, 3.63) is 29.2 Å². The molecular weight excluding hydrogens is 306 g/mol. The van der Waals surface area contributed by atoms with Crippen LogP contribution in [0, 0.1) is 6.92 Å². The van der Waals surface area contributed by atoms with Crippen molar-refractivity contribution in [1.82, 2.24) is 25.2 Å². The van der Waals surface area contributed by atoms with Crippen molar-refractivity contribution in [2.45, 2.75) is 57.3 Å². The van der Waals surface area contributed by atoms with Gasteiger partial charge in [0.1, 0.15) is 0 Å². The van der Waals surface area contributed by atoms with E-state index in [4.69, 9.17) is 4.52 Å². The highest BCUT2D eigenvalue weighted by Gasteiger charge is 2.33. The summed E-state index contributed by atoms with van der Waals surface area (Å²) in [5.74, 6) is 1.94. The third-order valence-corrected chi connectivity index (χ3v) is 5.28. The first-order chi connectivity index (χ1) is 11.7. The number of nitrogens with zero attached hydrogens (tertiary/aromatic N) is 4. The summed E-state index contributed by atoms with van der Waals surface area (Å²) < 4.78 is 5.27. The lowest BCUT2D eigenvalue weighted by Crippen LogP contribution is -2.29. The first-order valence-corrected chi connectivity index (χ1v) is 8.85. The number of rotatable bonds is 3. The SMILES string of the molecule is Cc1noc(C2CCN(C(=O)c3cn[nH]c3C3CCCCC3)C2)n1. The second-order valence-corrected chi connectivity index (χ2v) is 6.95. The molecule has 0 spiro atoms. The zero-order valence-corrected chi connectivity index (χ0v) is 14.0. The minimum absolute atomic E-state index is 0.0723. The highest BCUT2D eigenvalue weighted by molar-refractivity contribution is 5.95. The van der Waals surface area contributed by atoms with Crippen molar-refractivity contribution >= 4 is 5.91 Å². The largest absolute Gasteiger partial charge is 0.339 e. The Labute approximate surface area is 140 Å². The summed E-state index contributed by atoms with van der Waals surface area (Å²) in [6.45, 7) is 3.17. The van der Waals surface area contributed by atoms with Gasteiger partial charge in [0.05, 0.1) is 23.4 Å². The molecule has 7 heteroatoms. The maximum absolute atomic E-state index is 13.0. The molecule has 0 bridgehead atoms. The third-order valence-electron chi connectivity index (χ3n) is 5.28. The van der Waals surface area contributed by atoms with E-state index in [1.165, 1.54) is 19.3 Å². The maximum atomic E-state index is 13.0. The summed E-state index contributed by atoms with van der Waals surface area (Å²) in [4.78, 5) is 19.1. The molecule has 1 saturated carbocycles. The lowest BCUT2D eigenvalue weighted by Gasteiger charge is -2.22. The highest BCUT2D eigenvalue weighted by atomic mass is 16.5. The van der Waals surface area contributed by atoms with Crippen LogP contribution in [-0.4, -0.2) is 44.2 Å². The second-order valence-electron chi connectivity index (χ2n) is 6.95. The average molecular weight is 329 g/mol. The van der Waals surface area contributed by atoms with Gasteiger partial charge in [-0.15, -0.1) is 0 Å². The van der Waals surface area contributed by atoms with Gasteiger partial charge < -0.3 is 9.42 Å². The van der Waals surface area contributed by atoms with Gasteiger partial charge in [-0.05, 0) is 26.2 Å². The molecule has 0 aromatic carbocycles. The fraction of sp³-hybridized carbons (Fsp3) is 0.647. The molecule has 1 aliphatic carbocycles. The number of aromatic amines is 1. The Balaban J connectivity index is 1.48. The van der Waals surface area contributed by atoms with Crippen LogP contribution in [0.1, 0.15) is 78.1 Å². The number of amides is 1. The van der Waals surface area contributed by atoms with E-state index in [1.54, 1.807) is 6.20 Å². The van der Waals surface area contributed by atoms with Crippen molar-refractivity contribution in [2.75, 3.05) is 13.1 Å².